The van der Waals surface area contributed by atoms with Gasteiger partial charge in [0.15, 0.2) is 5.82 Å². The van der Waals surface area contributed by atoms with Gasteiger partial charge in [0, 0.05) is 18.8 Å². The molecule has 5 nitrogen and oxygen atoms in total. The zero-order chi connectivity index (χ0) is 15.7. The van der Waals surface area contributed by atoms with Crippen molar-refractivity contribution in [2.45, 2.75) is 31.3 Å². The van der Waals surface area contributed by atoms with Gasteiger partial charge in [-0.05, 0) is 26.0 Å². The molecule has 1 aromatic rings. The van der Waals surface area contributed by atoms with Gasteiger partial charge in [0.2, 0.25) is 10.0 Å². The van der Waals surface area contributed by atoms with Crippen molar-refractivity contribution < 1.29 is 17.9 Å². The molecule has 0 saturated carbocycles. The maximum absolute atomic E-state index is 14.0. The molecule has 0 saturated heterocycles. The van der Waals surface area contributed by atoms with E-state index in [2.05, 4.69) is 0 Å². The van der Waals surface area contributed by atoms with Crippen LogP contribution in [-0.2, 0) is 10.0 Å². The molecule has 0 fully saturated rings. The highest BCUT2D eigenvalue weighted by Gasteiger charge is 2.31. The topological polar surface area (TPSA) is 83.6 Å². The molecule has 0 aromatic heterocycles. The highest BCUT2D eigenvalue weighted by molar-refractivity contribution is 7.89. The molecular formula is C12H18ClFN2O3S. The van der Waals surface area contributed by atoms with E-state index < -0.39 is 26.3 Å². The summed E-state index contributed by atoms with van der Waals surface area (Å²) in [6, 6.07) is 2.16. The lowest BCUT2D eigenvalue weighted by Crippen LogP contribution is -2.42. The number of nitrogens with two attached hydrogens (primary N) is 1. The van der Waals surface area contributed by atoms with Crippen molar-refractivity contribution in [2.75, 3.05) is 18.8 Å². The second-order valence-electron chi connectivity index (χ2n) is 5.06. The summed E-state index contributed by atoms with van der Waals surface area (Å²) < 4.78 is 39.8. The predicted octanol–water partition coefficient (Wildman–Crippen LogP) is 1.84. The summed E-state index contributed by atoms with van der Waals surface area (Å²) in [6.07, 6.45) is 0. The van der Waals surface area contributed by atoms with Crippen molar-refractivity contribution >= 4 is 27.3 Å². The third-order valence-electron chi connectivity index (χ3n) is 2.55. The number of hydrogen-bond acceptors (Lipinski definition) is 4. The van der Waals surface area contributed by atoms with E-state index in [0.717, 1.165) is 16.4 Å². The summed E-state index contributed by atoms with van der Waals surface area (Å²) >= 11 is 5.62. The number of anilines is 1. The van der Waals surface area contributed by atoms with Gasteiger partial charge in [0.05, 0.1) is 10.6 Å². The Balaban J connectivity index is 3.35. The molecule has 20 heavy (non-hydrogen) atoms. The summed E-state index contributed by atoms with van der Waals surface area (Å²) in [5.41, 5.74) is 4.31. The Morgan fingerprint density at radius 2 is 2.00 bits per heavy atom. The van der Waals surface area contributed by atoms with Crippen LogP contribution in [0.5, 0.6) is 0 Å². The Kier molecular flexibility index (Phi) is 5.02. The Bertz CT molecular complexity index is 599. The number of likely N-dealkylation sites (N-methyl/N-ethyl adjacent to an activating group) is 1. The van der Waals surface area contributed by atoms with E-state index in [-0.39, 0.29) is 23.8 Å². The van der Waals surface area contributed by atoms with Crippen molar-refractivity contribution in [1.29, 1.82) is 0 Å². The first-order valence-electron chi connectivity index (χ1n) is 5.96. The van der Waals surface area contributed by atoms with E-state index >= 15 is 0 Å². The zero-order valence-electron chi connectivity index (χ0n) is 11.5. The van der Waals surface area contributed by atoms with Crippen LogP contribution in [0.2, 0.25) is 5.02 Å². The number of aliphatic hydroxyl groups is 1. The Morgan fingerprint density at radius 3 is 2.45 bits per heavy atom. The summed E-state index contributed by atoms with van der Waals surface area (Å²) in [6.45, 7) is 4.44. The second-order valence-corrected chi connectivity index (χ2v) is 7.37. The van der Waals surface area contributed by atoms with Gasteiger partial charge in [-0.1, -0.05) is 18.5 Å². The number of hydrogen-bond donors (Lipinski definition) is 2. The fourth-order valence-corrected chi connectivity index (χ4v) is 3.72. The van der Waals surface area contributed by atoms with Gasteiger partial charge in [-0.15, -0.1) is 0 Å². The first-order valence-corrected chi connectivity index (χ1v) is 7.78. The molecule has 114 valence electrons. The SMILES string of the molecule is CCN(CC(C)(C)O)S(=O)(=O)c1cc(N)cc(Cl)c1F. The maximum Gasteiger partial charge on any atom is 0.246 e. The molecule has 0 heterocycles. The van der Waals surface area contributed by atoms with Gasteiger partial charge in [0.1, 0.15) is 4.90 Å². The minimum absolute atomic E-state index is 0.0503. The molecule has 1 rings (SSSR count). The van der Waals surface area contributed by atoms with Crippen molar-refractivity contribution in [2.24, 2.45) is 0 Å². The van der Waals surface area contributed by atoms with Gasteiger partial charge in [-0.3, -0.25) is 0 Å². The molecule has 0 radical (unpaired) electrons. The maximum atomic E-state index is 14.0. The average molecular weight is 325 g/mol. The zero-order valence-corrected chi connectivity index (χ0v) is 13.1. The normalized spacial score (nSPS) is 12.9. The highest BCUT2D eigenvalue weighted by Crippen LogP contribution is 2.28. The van der Waals surface area contributed by atoms with E-state index in [4.69, 9.17) is 17.3 Å². The molecule has 0 atom stereocenters. The standard InChI is InChI=1S/C12H18ClFN2O3S/c1-4-16(7-12(2,3)17)20(18,19)10-6-8(15)5-9(13)11(10)14/h5-6,17H,4,7,15H2,1-3H3. The number of nitrogens with zero attached hydrogens (tertiary/aromatic N) is 1. The molecule has 8 heteroatoms. The summed E-state index contributed by atoms with van der Waals surface area (Å²) in [7, 11) is -4.13. The molecule has 0 unspecified atom stereocenters. The number of rotatable bonds is 5. The predicted molar refractivity (Wildman–Crippen MR) is 76.6 cm³/mol. The fraction of sp³-hybridized carbons (Fsp3) is 0.500. The lowest BCUT2D eigenvalue weighted by atomic mass is 10.1. The van der Waals surface area contributed by atoms with Crippen LogP contribution in [0.1, 0.15) is 20.8 Å². The van der Waals surface area contributed by atoms with Crippen LogP contribution >= 0.6 is 11.6 Å². The van der Waals surface area contributed by atoms with Crippen molar-refractivity contribution in [3.05, 3.63) is 23.0 Å². The Morgan fingerprint density at radius 1 is 1.45 bits per heavy atom. The molecule has 0 aliphatic carbocycles. The Hall–Kier alpha value is -0.890. The number of halogens is 2. The lowest BCUT2D eigenvalue weighted by molar-refractivity contribution is 0.0601. The van der Waals surface area contributed by atoms with Crippen molar-refractivity contribution in [3.8, 4) is 0 Å². The third kappa shape index (κ3) is 3.82. The summed E-state index contributed by atoms with van der Waals surface area (Å²) in [5.74, 6) is -1.05. The van der Waals surface area contributed by atoms with Gasteiger partial charge >= 0.3 is 0 Å². The van der Waals surface area contributed by atoms with Crippen LogP contribution in [0.4, 0.5) is 10.1 Å². The molecule has 0 amide bonds. The molecular weight excluding hydrogens is 307 g/mol. The van der Waals surface area contributed by atoms with Crippen LogP contribution in [0.15, 0.2) is 17.0 Å². The van der Waals surface area contributed by atoms with Crippen molar-refractivity contribution in [1.82, 2.24) is 4.31 Å². The molecule has 1 aromatic carbocycles. The van der Waals surface area contributed by atoms with Crippen molar-refractivity contribution in [3.63, 3.8) is 0 Å². The van der Waals surface area contributed by atoms with Gasteiger partial charge < -0.3 is 10.8 Å². The van der Waals surface area contributed by atoms with E-state index in [0.29, 0.717) is 0 Å². The molecule has 3 N–H and O–H groups in total. The number of nitrogen functional groups attached to an aromatic ring is 1. The largest absolute Gasteiger partial charge is 0.399 e. The first-order chi connectivity index (χ1) is 8.99. The fourth-order valence-electron chi connectivity index (χ4n) is 1.71. The Labute approximate surface area is 123 Å². The van der Waals surface area contributed by atoms with E-state index in [1.165, 1.54) is 13.8 Å². The minimum atomic E-state index is -4.13. The van der Waals surface area contributed by atoms with E-state index in [9.17, 15) is 17.9 Å². The average Bonchev–Trinajstić information content (AvgIpc) is 2.29. The van der Waals surface area contributed by atoms with Crippen LogP contribution < -0.4 is 5.73 Å². The second kappa shape index (κ2) is 5.85. The number of benzene rings is 1. The van der Waals surface area contributed by atoms with Gasteiger partial charge in [0.25, 0.3) is 0 Å². The first kappa shape index (κ1) is 17.2. The van der Waals surface area contributed by atoms with E-state index in [1.54, 1.807) is 6.92 Å². The lowest BCUT2D eigenvalue weighted by Gasteiger charge is -2.27. The van der Waals surface area contributed by atoms with Crippen LogP contribution in [0.25, 0.3) is 0 Å². The molecule has 0 bridgehead atoms. The molecule has 0 aliphatic rings. The summed E-state index contributed by atoms with van der Waals surface area (Å²) in [5, 5.41) is 9.40. The van der Waals surface area contributed by atoms with Crippen LogP contribution in [-0.4, -0.2) is 36.5 Å². The minimum Gasteiger partial charge on any atom is -0.399 e. The molecule has 0 aliphatic heterocycles. The van der Waals surface area contributed by atoms with Gasteiger partial charge in [-0.25, -0.2) is 12.8 Å². The highest BCUT2D eigenvalue weighted by atomic mass is 35.5. The van der Waals surface area contributed by atoms with Gasteiger partial charge in [-0.2, -0.15) is 4.31 Å². The quantitative estimate of drug-likeness (QED) is 0.810. The van der Waals surface area contributed by atoms with E-state index in [1.807, 2.05) is 0 Å². The van der Waals surface area contributed by atoms with Crippen LogP contribution in [0.3, 0.4) is 0 Å². The molecule has 0 spiro atoms. The number of sulfonamides is 1. The smallest absolute Gasteiger partial charge is 0.246 e. The monoisotopic (exact) mass is 324 g/mol. The summed E-state index contributed by atoms with van der Waals surface area (Å²) in [4.78, 5) is -0.589. The third-order valence-corrected chi connectivity index (χ3v) is 4.75. The van der Waals surface area contributed by atoms with Crippen LogP contribution in [0, 0.1) is 5.82 Å².